The van der Waals surface area contributed by atoms with Gasteiger partial charge in [-0.3, -0.25) is 4.99 Å². The molecule has 0 spiro atoms. The molecule has 7 heavy (non-hydrogen) atoms. The molecule has 41 valence electrons. The molecule has 2 nitrogen and oxygen atoms in total. The van der Waals surface area contributed by atoms with Crippen molar-refractivity contribution in [1.82, 2.24) is 0 Å². The average Bonchev–Trinajstić information content (AvgIpc) is 1.86. The molecule has 1 radical (unpaired) electrons. The van der Waals surface area contributed by atoms with Crippen molar-refractivity contribution in [3.8, 4) is 0 Å². The molecule has 0 unspecified atom stereocenters. The molecule has 4 heteroatoms. The zero-order valence-electron chi connectivity index (χ0n) is 3.56. The molecule has 0 aromatic rings. The van der Waals surface area contributed by atoms with E-state index in [0.29, 0.717) is 11.8 Å². The minimum Gasteiger partial charge on any atom is -0.722 e. The van der Waals surface area contributed by atoms with Gasteiger partial charge in [0.1, 0.15) is 6.61 Å². The van der Waals surface area contributed by atoms with Crippen LogP contribution in [0.25, 0.3) is 0 Å². The standard InChI is InChI=1S/C3H5NOS.Re/c6-3-4-1-2-5-3;/h1-2H2,(H,4,6);/p-1. The maximum atomic E-state index is 4.72. The minimum absolute atomic E-state index is 0. The van der Waals surface area contributed by atoms with Gasteiger partial charge in [0.25, 0.3) is 0 Å². The molecule has 1 aliphatic rings. The second-order valence-electron chi connectivity index (χ2n) is 0.996. The first-order valence-electron chi connectivity index (χ1n) is 1.74. The summed E-state index contributed by atoms with van der Waals surface area (Å²) in [6.07, 6.45) is 0. The van der Waals surface area contributed by atoms with E-state index >= 15 is 0 Å². The predicted octanol–water partition coefficient (Wildman–Crippen LogP) is -0.0830. The van der Waals surface area contributed by atoms with Crippen LogP contribution in [0.5, 0.6) is 0 Å². The molecule has 0 aromatic heterocycles. The third kappa shape index (κ3) is 2.23. The van der Waals surface area contributed by atoms with E-state index in [9.17, 15) is 0 Å². The second kappa shape index (κ2) is 3.37. The Hall–Kier alpha value is 0.352. The summed E-state index contributed by atoms with van der Waals surface area (Å²) in [4.78, 5) is 3.75. The molecule has 0 atom stereocenters. The van der Waals surface area contributed by atoms with E-state index in [-0.39, 0.29) is 20.4 Å². The summed E-state index contributed by atoms with van der Waals surface area (Å²) in [7, 11) is 0. The van der Waals surface area contributed by atoms with Crippen LogP contribution < -0.4 is 0 Å². The fourth-order valence-electron chi connectivity index (χ4n) is 0.316. The topological polar surface area (TPSA) is 21.6 Å². The summed E-state index contributed by atoms with van der Waals surface area (Å²) in [5.41, 5.74) is 0. The van der Waals surface area contributed by atoms with Crippen molar-refractivity contribution >= 4 is 17.9 Å². The van der Waals surface area contributed by atoms with Crippen LogP contribution in [-0.2, 0) is 37.8 Å². The summed E-state index contributed by atoms with van der Waals surface area (Å²) in [5.74, 6) is 0. The minimum atomic E-state index is 0. The third-order valence-electron chi connectivity index (χ3n) is 0.558. The van der Waals surface area contributed by atoms with Crippen molar-refractivity contribution in [2.45, 2.75) is 0 Å². The first kappa shape index (κ1) is 7.35. The Kier molecular flexibility index (Phi) is 3.54. The zero-order chi connectivity index (χ0) is 4.41. The average molecular weight is 288 g/mol. The Balaban J connectivity index is 0.000000360. The van der Waals surface area contributed by atoms with Crippen LogP contribution in [0, 0.1) is 0 Å². The van der Waals surface area contributed by atoms with Gasteiger partial charge in [-0.25, -0.2) is 0 Å². The molecule has 0 bridgehead atoms. The van der Waals surface area contributed by atoms with Gasteiger partial charge in [-0.2, -0.15) is 0 Å². The molecular formula is C3H4NOReS-. The van der Waals surface area contributed by atoms with Crippen molar-refractivity contribution in [3.05, 3.63) is 0 Å². The molecule has 0 fully saturated rings. The third-order valence-corrected chi connectivity index (χ3v) is 0.805. The fraction of sp³-hybridized carbons (Fsp3) is 0.667. The Morgan fingerprint density at radius 1 is 1.71 bits per heavy atom. The molecule has 0 aromatic carbocycles. The van der Waals surface area contributed by atoms with Gasteiger partial charge in [0, 0.05) is 20.4 Å². The Labute approximate surface area is 61.4 Å². The van der Waals surface area contributed by atoms with Crippen LogP contribution in [-0.4, -0.2) is 18.4 Å². The summed E-state index contributed by atoms with van der Waals surface area (Å²) >= 11 is 4.53. The van der Waals surface area contributed by atoms with Crippen LogP contribution in [0.4, 0.5) is 0 Å². The predicted molar refractivity (Wildman–Crippen MR) is 25.6 cm³/mol. The molecule has 0 saturated carbocycles. The van der Waals surface area contributed by atoms with E-state index in [1.807, 2.05) is 0 Å². The van der Waals surface area contributed by atoms with Gasteiger partial charge in [-0.1, -0.05) is 0 Å². The first-order chi connectivity index (χ1) is 2.89. The van der Waals surface area contributed by atoms with E-state index in [4.69, 9.17) is 4.74 Å². The molecule has 0 amide bonds. The molecule has 1 rings (SSSR count). The van der Waals surface area contributed by atoms with E-state index in [1.54, 1.807) is 0 Å². The number of ether oxygens (including phenoxy) is 1. The Morgan fingerprint density at radius 3 is 2.57 bits per heavy atom. The fourth-order valence-corrected chi connectivity index (χ4v) is 0.490. The number of rotatable bonds is 0. The largest absolute Gasteiger partial charge is 0.722 e. The monoisotopic (exact) mass is 289 g/mol. The maximum absolute atomic E-state index is 4.72. The number of hydrogen-bond donors (Lipinski definition) is 0. The smallest absolute Gasteiger partial charge is 0.107 e. The van der Waals surface area contributed by atoms with Gasteiger partial charge in [-0.15, -0.1) is 0 Å². The van der Waals surface area contributed by atoms with E-state index in [1.165, 1.54) is 0 Å². The van der Waals surface area contributed by atoms with Gasteiger partial charge in [0.05, 0.1) is 11.8 Å². The summed E-state index contributed by atoms with van der Waals surface area (Å²) in [6.45, 7) is 1.43. The second-order valence-corrected chi connectivity index (χ2v) is 1.35. The van der Waals surface area contributed by atoms with Crippen LogP contribution in [0.1, 0.15) is 0 Å². The van der Waals surface area contributed by atoms with Crippen LogP contribution >= 0.6 is 0 Å². The summed E-state index contributed by atoms with van der Waals surface area (Å²) < 4.78 is 4.72. The number of aliphatic imine (C=N–C) groups is 1. The molecule has 0 N–H and O–H groups in total. The van der Waals surface area contributed by atoms with E-state index in [0.717, 1.165) is 6.54 Å². The van der Waals surface area contributed by atoms with Gasteiger partial charge in [0.15, 0.2) is 0 Å². The van der Waals surface area contributed by atoms with Crippen molar-refractivity contribution < 1.29 is 25.2 Å². The molecule has 1 aliphatic heterocycles. The van der Waals surface area contributed by atoms with Crippen molar-refractivity contribution in [3.63, 3.8) is 0 Å². The van der Waals surface area contributed by atoms with Gasteiger partial charge < -0.3 is 17.4 Å². The zero-order valence-corrected chi connectivity index (χ0v) is 7.09. The SMILES string of the molecule is [Re].[S-]C1=NCCO1. The quantitative estimate of drug-likeness (QED) is 0.582. The molecule has 1 heterocycles. The van der Waals surface area contributed by atoms with E-state index < -0.39 is 0 Å². The molecule has 0 saturated heterocycles. The number of nitrogens with zero attached hydrogens (tertiary/aromatic N) is 1. The van der Waals surface area contributed by atoms with Crippen molar-refractivity contribution in [1.29, 1.82) is 0 Å². The maximum Gasteiger partial charge on any atom is 0.107 e. The van der Waals surface area contributed by atoms with Gasteiger partial charge >= 0.3 is 0 Å². The summed E-state index contributed by atoms with van der Waals surface area (Å²) in [6, 6.07) is 0. The summed E-state index contributed by atoms with van der Waals surface area (Å²) in [5, 5.41) is 0.412. The molecule has 0 aliphatic carbocycles. The normalized spacial score (nSPS) is 16.9. The van der Waals surface area contributed by atoms with Crippen molar-refractivity contribution in [2.24, 2.45) is 4.99 Å². The van der Waals surface area contributed by atoms with Crippen LogP contribution in [0.3, 0.4) is 0 Å². The Morgan fingerprint density at radius 2 is 2.43 bits per heavy atom. The Bertz CT molecular complexity index is 85.0. The van der Waals surface area contributed by atoms with Crippen LogP contribution in [0.2, 0.25) is 0 Å². The number of hydrogen-bond acceptors (Lipinski definition) is 3. The van der Waals surface area contributed by atoms with E-state index in [2.05, 4.69) is 17.6 Å². The van der Waals surface area contributed by atoms with Gasteiger partial charge in [0.2, 0.25) is 0 Å². The van der Waals surface area contributed by atoms with Crippen LogP contribution in [0.15, 0.2) is 4.99 Å². The molecular weight excluding hydrogens is 284 g/mol. The van der Waals surface area contributed by atoms with Crippen molar-refractivity contribution in [2.75, 3.05) is 13.2 Å². The van der Waals surface area contributed by atoms with Gasteiger partial charge in [-0.05, 0) is 0 Å². The first-order valence-corrected chi connectivity index (χ1v) is 2.15.